The van der Waals surface area contributed by atoms with Gasteiger partial charge in [0.05, 0.1) is 0 Å². The summed E-state index contributed by atoms with van der Waals surface area (Å²) in [7, 11) is 0. The second-order valence-electron chi connectivity index (χ2n) is 4.53. The maximum atomic E-state index is 13.5. The topological polar surface area (TPSA) is 20.2 Å². The Hall–Kier alpha value is -1.45. The molecule has 1 unspecified atom stereocenters. The van der Waals surface area contributed by atoms with Crippen LogP contribution in [-0.2, 0) is 0 Å². The molecule has 1 N–H and O–H groups in total. The second kappa shape index (κ2) is 5.32. The Labute approximate surface area is 118 Å². The summed E-state index contributed by atoms with van der Waals surface area (Å²) in [5.41, 5.74) is -1.06. The SMILES string of the molecule is Cc1ccccc1C(O)C(F)(F)C(F)(F)C(F)(F)C(F)(F)F. The summed E-state index contributed by atoms with van der Waals surface area (Å²) in [6, 6.07) is 4.11. The van der Waals surface area contributed by atoms with Gasteiger partial charge in [0.2, 0.25) is 0 Å². The highest BCUT2D eigenvalue weighted by Gasteiger charge is 2.83. The van der Waals surface area contributed by atoms with Gasteiger partial charge in [-0.2, -0.15) is 39.5 Å². The van der Waals surface area contributed by atoms with Crippen LogP contribution in [0.15, 0.2) is 24.3 Å². The lowest BCUT2D eigenvalue weighted by molar-refractivity contribution is -0.406. The highest BCUT2D eigenvalue weighted by molar-refractivity contribution is 5.30. The van der Waals surface area contributed by atoms with E-state index in [4.69, 9.17) is 0 Å². The van der Waals surface area contributed by atoms with Gasteiger partial charge in [-0.3, -0.25) is 0 Å². The molecule has 0 saturated heterocycles. The van der Waals surface area contributed by atoms with Gasteiger partial charge < -0.3 is 5.11 Å². The number of aliphatic hydroxyl groups is 1. The van der Waals surface area contributed by atoms with Gasteiger partial charge in [0.1, 0.15) is 6.10 Å². The molecular weight excluding hydrogens is 331 g/mol. The first-order chi connectivity index (χ1) is 9.68. The molecular formula is C12H9F9O. The van der Waals surface area contributed by atoms with Crippen LogP contribution in [0.5, 0.6) is 0 Å². The number of rotatable bonds is 4. The third kappa shape index (κ3) is 2.64. The van der Waals surface area contributed by atoms with Gasteiger partial charge in [-0.05, 0) is 18.1 Å². The first kappa shape index (κ1) is 18.6. The molecule has 1 aromatic rings. The number of hydrogen-bond donors (Lipinski definition) is 1. The molecule has 0 aliphatic carbocycles. The van der Waals surface area contributed by atoms with E-state index in [0.717, 1.165) is 25.1 Å². The maximum absolute atomic E-state index is 13.5. The fourth-order valence-electron chi connectivity index (χ4n) is 1.65. The largest absolute Gasteiger partial charge is 0.460 e. The van der Waals surface area contributed by atoms with Crippen LogP contribution in [0.25, 0.3) is 0 Å². The quantitative estimate of drug-likeness (QED) is 0.801. The third-order valence-electron chi connectivity index (χ3n) is 3.00. The lowest BCUT2D eigenvalue weighted by Gasteiger charge is -2.36. The van der Waals surface area contributed by atoms with E-state index in [-0.39, 0.29) is 5.56 Å². The minimum absolute atomic E-state index is 0.180. The van der Waals surface area contributed by atoms with Crippen LogP contribution in [0.3, 0.4) is 0 Å². The second-order valence-corrected chi connectivity index (χ2v) is 4.53. The molecule has 0 spiro atoms. The molecule has 1 aromatic carbocycles. The molecule has 22 heavy (non-hydrogen) atoms. The third-order valence-corrected chi connectivity index (χ3v) is 3.00. The summed E-state index contributed by atoms with van der Waals surface area (Å²) in [6.07, 6.45) is -10.5. The normalized spacial score (nSPS) is 15.8. The molecule has 0 saturated carbocycles. The summed E-state index contributed by atoms with van der Waals surface area (Å²) in [5.74, 6) is -19.9. The van der Waals surface area contributed by atoms with Crippen molar-refractivity contribution in [3.05, 3.63) is 35.4 Å². The maximum Gasteiger partial charge on any atom is 0.460 e. The Kier molecular flexibility index (Phi) is 4.50. The van der Waals surface area contributed by atoms with Crippen LogP contribution in [0, 0.1) is 6.92 Å². The van der Waals surface area contributed by atoms with Crippen molar-refractivity contribution in [3.63, 3.8) is 0 Å². The van der Waals surface area contributed by atoms with E-state index in [2.05, 4.69) is 0 Å². The zero-order chi connectivity index (χ0) is 17.6. The van der Waals surface area contributed by atoms with Crippen molar-refractivity contribution < 1.29 is 44.6 Å². The van der Waals surface area contributed by atoms with Crippen LogP contribution >= 0.6 is 0 Å². The van der Waals surface area contributed by atoms with E-state index in [0.29, 0.717) is 0 Å². The van der Waals surface area contributed by atoms with Gasteiger partial charge in [-0.15, -0.1) is 0 Å². The fourth-order valence-corrected chi connectivity index (χ4v) is 1.65. The number of hydrogen-bond acceptors (Lipinski definition) is 1. The van der Waals surface area contributed by atoms with Crippen molar-refractivity contribution >= 4 is 0 Å². The zero-order valence-corrected chi connectivity index (χ0v) is 10.7. The van der Waals surface area contributed by atoms with Crippen LogP contribution < -0.4 is 0 Å². The van der Waals surface area contributed by atoms with Crippen molar-refractivity contribution in [1.29, 1.82) is 0 Å². The molecule has 0 heterocycles. The predicted molar refractivity (Wildman–Crippen MR) is 57.0 cm³/mol. The number of aliphatic hydroxyl groups excluding tert-OH is 1. The highest BCUT2D eigenvalue weighted by atomic mass is 19.4. The van der Waals surface area contributed by atoms with Crippen LogP contribution in [-0.4, -0.2) is 29.1 Å². The van der Waals surface area contributed by atoms with Crippen LogP contribution in [0.2, 0.25) is 0 Å². The smallest absolute Gasteiger partial charge is 0.382 e. The average Bonchev–Trinajstić information content (AvgIpc) is 2.36. The zero-order valence-electron chi connectivity index (χ0n) is 10.7. The number of alkyl halides is 9. The highest BCUT2D eigenvalue weighted by Crippen LogP contribution is 2.56. The Balaban J connectivity index is 3.36. The van der Waals surface area contributed by atoms with E-state index < -0.39 is 35.6 Å². The lowest BCUT2D eigenvalue weighted by atomic mass is 9.92. The summed E-state index contributed by atoms with van der Waals surface area (Å²) < 4.78 is 115. The van der Waals surface area contributed by atoms with Crippen LogP contribution in [0.4, 0.5) is 39.5 Å². The standard InChI is InChI=1S/C12H9F9O/c1-6-4-2-3-5-7(6)8(22)9(13,14)10(15,16)11(17,18)12(19,20)21/h2-5,8,22H,1H3. The Bertz CT molecular complexity index is 536. The average molecular weight is 340 g/mol. The van der Waals surface area contributed by atoms with E-state index in [1.54, 1.807) is 0 Å². The molecule has 1 nitrogen and oxygen atoms in total. The molecule has 0 aliphatic heterocycles. The van der Waals surface area contributed by atoms with E-state index in [1.807, 2.05) is 0 Å². The van der Waals surface area contributed by atoms with Gasteiger partial charge in [-0.1, -0.05) is 24.3 Å². The molecule has 0 amide bonds. The Morgan fingerprint density at radius 3 is 1.68 bits per heavy atom. The monoisotopic (exact) mass is 340 g/mol. The molecule has 126 valence electrons. The van der Waals surface area contributed by atoms with Crippen molar-refractivity contribution in [1.82, 2.24) is 0 Å². The van der Waals surface area contributed by atoms with E-state index in [1.165, 1.54) is 6.07 Å². The van der Waals surface area contributed by atoms with Crippen LogP contribution in [0.1, 0.15) is 17.2 Å². The van der Waals surface area contributed by atoms with Gasteiger partial charge in [0.15, 0.2) is 0 Å². The summed E-state index contributed by atoms with van der Waals surface area (Å²) >= 11 is 0. The van der Waals surface area contributed by atoms with E-state index in [9.17, 15) is 44.6 Å². The van der Waals surface area contributed by atoms with Crippen molar-refractivity contribution in [2.24, 2.45) is 0 Å². The summed E-state index contributed by atoms with van der Waals surface area (Å²) in [6.45, 7) is 1.09. The lowest BCUT2D eigenvalue weighted by Crippen LogP contribution is -2.62. The van der Waals surface area contributed by atoms with Gasteiger partial charge in [-0.25, -0.2) is 0 Å². The molecule has 0 fully saturated rings. The predicted octanol–water partition coefficient (Wildman–Crippen LogP) is 4.50. The Morgan fingerprint density at radius 2 is 1.27 bits per heavy atom. The Morgan fingerprint density at radius 1 is 0.818 bits per heavy atom. The minimum atomic E-state index is -7.02. The molecule has 0 radical (unpaired) electrons. The number of halogens is 9. The van der Waals surface area contributed by atoms with Crippen molar-refractivity contribution in [2.45, 2.75) is 37.0 Å². The minimum Gasteiger partial charge on any atom is -0.382 e. The molecule has 0 aliphatic rings. The first-order valence-electron chi connectivity index (χ1n) is 5.61. The summed E-state index contributed by atoms with van der Waals surface area (Å²) in [5, 5.41) is 9.26. The molecule has 0 aromatic heterocycles. The molecule has 0 bridgehead atoms. The van der Waals surface area contributed by atoms with Gasteiger partial charge in [0, 0.05) is 0 Å². The molecule has 10 heteroatoms. The molecule has 1 atom stereocenters. The number of aryl methyl sites for hydroxylation is 1. The van der Waals surface area contributed by atoms with Gasteiger partial charge >= 0.3 is 23.9 Å². The van der Waals surface area contributed by atoms with Crippen molar-refractivity contribution in [3.8, 4) is 0 Å². The fraction of sp³-hybridized carbons (Fsp3) is 0.500. The van der Waals surface area contributed by atoms with Gasteiger partial charge in [0.25, 0.3) is 0 Å². The number of benzene rings is 1. The summed E-state index contributed by atoms with van der Waals surface area (Å²) in [4.78, 5) is 0. The molecule has 1 rings (SSSR count). The first-order valence-corrected chi connectivity index (χ1v) is 5.61. The van der Waals surface area contributed by atoms with Crippen molar-refractivity contribution in [2.75, 3.05) is 0 Å². The van der Waals surface area contributed by atoms with E-state index >= 15 is 0 Å².